The largest absolute Gasteiger partial charge is 0.441 e. The minimum atomic E-state index is -0.433. The average molecular weight is 331 g/mol. The van der Waals surface area contributed by atoms with Crippen LogP contribution in [0.4, 0.5) is 5.69 Å². The van der Waals surface area contributed by atoms with Crippen LogP contribution in [0.3, 0.4) is 0 Å². The molecule has 6 nitrogen and oxygen atoms in total. The minimum absolute atomic E-state index is 0.00538. The van der Waals surface area contributed by atoms with Crippen LogP contribution in [0.2, 0.25) is 0 Å². The number of aromatic nitrogens is 1. The molecule has 120 valence electrons. The van der Waals surface area contributed by atoms with Crippen molar-refractivity contribution in [1.29, 1.82) is 0 Å². The van der Waals surface area contributed by atoms with Crippen LogP contribution in [-0.4, -0.2) is 46.3 Å². The highest BCUT2D eigenvalue weighted by molar-refractivity contribution is 7.99. The van der Waals surface area contributed by atoms with E-state index in [1.165, 1.54) is 12.5 Å². The third kappa shape index (κ3) is 3.39. The van der Waals surface area contributed by atoms with Crippen molar-refractivity contribution >= 4 is 29.3 Å². The molecule has 0 aliphatic carbocycles. The Kier molecular flexibility index (Phi) is 4.66. The Morgan fingerprint density at radius 2 is 2.09 bits per heavy atom. The number of rotatable bonds is 3. The zero-order valence-electron chi connectivity index (χ0n) is 12.7. The van der Waals surface area contributed by atoms with Crippen LogP contribution in [0, 0.1) is 6.92 Å². The maximum atomic E-state index is 12.7. The molecule has 1 saturated heterocycles. The Balaban J connectivity index is 1.80. The second kappa shape index (κ2) is 6.87. The van der Waals surface area contributed by atoms with Gasteiger partial charge in [0.25, 0.3) is 11.8 Å². The number of anilines is 1. The van der Waals surface area contributed by atoms with E-state index in [2.05, 4.69) is 10.3 Å². The first-order valence-electron chi connectivity index (χ1n) is 7.34. The maximum absolute atomic E-state index is 12.7. The molecule has 1 aliphatic rings. The van der Waals surface area contributed by atoms with Gasteiger partial charge in [-0.2, -0.15) is 11.8 Å². The summed E-state index contributed by atoms with van der Waals surface area (Å²) in [5, 5.41) is 2.74. The van der Waals surface area contributed by atoms with E-state index in [4.69, 9.17) is 4.42 Å². The number of benzene rings is 1. The molecule has 1 aliphatic heterocycles. The molecule has 2 amide bonds. The molecular weight excluding hydrogens is 314 g/mol. The molecule has 0 radical (unpaired) electrons. The zero-order valence-corrected chi connectivity index (χ0v) is 13.6. The summed E-state index contributed by atoms with van der Waals surface area (Å²) in [6, 6.07) is 5.32. The Hall–Kier alpha value is -2.28. The van der Waals surface area contributed by atoms with Crippen LogP contribution < -0.4 is 5.32 Å². The number of hydrogen-bond donors (Lipinski definition) is 1. The summed E-state index contributed by atoms with van der Waals surface area (Å²) in [5.41, 5.74) is 1.95. The van der Waals surface area contributed by atoms with E-state index in [0.717, 1.165) is 30.2 Å². The molecule has 0 spiro atoms. The number of carbonyl (C=O) groups excluding carboxylic acids is 2. The van der Waals surface area contributed by atoms with Gasteiger partial charge in [0.1, 0.15) is 6.26 Å². The predicted octanol–water partition coefficient (Wildman–Crippen LogP) is 2.42. The van der Waals surface area contributed by atoms with Crippen LogP contribution in [0.25, 0.3) is 0 Å². The van der Waals surface area contributed by atoms with Crippen LogP contribution in [0.5, 0.6) is 0 Å². The molecule has 1 aromatic heterocycles. The van der Waals surface area contributed by atoms with Gasteiger partial charge in [-0.05, 0) is 24.6 Å². The molecular formula is C16H17N3O3S. The molecule has 7 heteroatoms. The van der Waals surface area contributed by atoms with Crippen molar-refractivity contribution in [3.63, 3.8) is 0 Å². The minimum Gasteiger partial charge on any atom is -0.441 e. The van der Waals surface area contributed by atoms with Gasteiger partial charge >= 0.3 is 5.91 Å². The van der Waals surface area contributed by atoms with Crippen molar-refractivity contribution in [3.05, 3.63) is 47.7 Å². The van der Waals surface area contributed by atoms with Crippen LogP contribution in [-0.2, 0) is 0 Å². The van der Waals surface area contributed by atoms with Gasteiger partial charge in [-0.25, -0.2) is 4.98 Å². The van der Waals surface area contributed by atoms with E-state index >= 15 is 0 Å². The first kappa shape index (κ1) is 15.6. The Morgan fingerprint density at radius 3 is 2.78 bits per heavy atom. The number of carbonyl (C=O) groups is 2. The van der Waals surface area contributed by atoms with E-state index in [0.29, 0.717) is 11.3 Å². The smallest absolute Gasteiger partial charge is 0.311 e. The number of nitrogens with zero attached hydrogens (tertiary/aromatic N) is 2. The molecule has 1 aromatic carbocycles. The average Bonchev–Trinajstić information content (AvgIpc) is 3.11. The summed E-state index contributed by atoms with van der Waals surface area (Å²) in [7, 11) is 0. The second-order valence-electron chi connectivity index (χ2n) is 5.17. The van der Waals surface area contributed by atoms with Gasteiger partial charge in [0, 0.05) is 35.8 Å². The summed E-state index contributed by atoms with van der Waals surface area (Å²) >= 11 is 1.86. The maximum Gasteiger partial charge on any atom is 0.311 e. The van der Waals surface area contributed by atoms with Gasteiger partial charge < -0.3 is 14.6 Å². The first-order chi connectivity index (χ1) is 11.2. The highest BCUT2D eigenvalue weighted by Crippen LogP contribution is 2.22. The van der Waals surface area contributed by atoms with Crippen molar-refractivity contribution < 1.29 is 14.0 Å². The first-order valence-corrected chi connectivity index (χ1v) is 8.50. The predicted molar refractivity (Wildman–Crippen MR) is 88.9 cm³/mol. The molecule has 1 fully saturated rings. The van der Waals surface area contributed by atoms with Crippen molar-refractivity contribution in [3.8, 4) is 0 Å². The van der Waals surface area contributed by atoms with E-state index < -0.39 is 5.91 Å². The molecule has 0 saturated carbocycles. The number of hydrogen-bond acceptors (Lipinski definition) is 5. The lowest BCUT2D eigenvalue weighted by atomic mass is 10.1. The fourth-order valence-electron chi connectivity index (χ4n) is 2.45. The lowest BCUT2D eigenvalue weighted by molar-refractivity contribution is 0.0771. The van der Waals surface area contributed by atoms with Crippen LogP contribution >= 0.6 is 11.8 Å². The molecule has 2 heterocycles. The quantitative estimate of drug-likeness (QED) is 0.935. The van der Waals surface area contributed by atoms with E-state index in [9.17, 15) is 9.59 Å². The van der Waals surface area contributed by atoms with E-state index in [-0.39, 0.29) is 11.8 Å². The molecule has 0 bridgehead atoms. The number of amides is 2. The standard InChI is InChI=1S/C16H17N3O3S/c1-11-12(16(21)19-6-9-23-10-7-19)3-2-4-13(11)18-14(20)15-17-5-8-22-15/h2-5,8H,6-7,9-10H2,1H3,(H,18,20). The SMILES string of the molecule is Cc1c(NC(=O)c2ncco2)cccc1C(=O)N1CCSCC1. The van der Waals surface area contributed by atoms with Gasteiger partial charge in [-0.1, -0.05) is 6.07 Å². The van der Waals surface area contributed by atoms with Crippen LogP contribution in [0.15, 0.2) is 35.1 Å². The van der Waals surface area contributed by atoms with Crippen molar-refractivity contribution in [1.82, 2.24) is 9.88 Å². The summed E-state index contributed by atoms with van der Waals surface area (Å²) in [6.45, 7) is 3.35. The molecule has 1 N–H and O–H groups in total. The lowest BCUT2D eigenvalue weighted by Gasteiger charge is -2.27. The Labute approximate surface area is 138 Å². The third-order valence-corrected chi connectivity index (χ3v) is 4.68. The van der Waals surface area contributed by atoms with Gasteiger partial charge in [0.2, 0.25) is 0 Å². The summed E-state index contributed by atoms with van der Waals surface area (Å²) < 4.78 is 4.98. The fraction of sp³-hybridized carbons (Fsp3) is 0.312. The number of nitrogens with one attached hydrogen (secondary N) is 1. The summed E-state index contributed by atoms with van der Waals surface area (Å²) in [4.78, 5) is 30.4. The van der Waals surface area contributed by atoms with Gasteiger partial charge in [-0.15, -0.1) is 0 Å². The fourth-order valence-corrected chi connectivity index (χ4v) is 3.35. The lowest BCUT2D eigenvalue weighted by Crippen LogP contribution is -2.38. The van der Waals surface area contributed by atoms with E-state index in [1.54, 1.807) is 18.2 Å². The monoisotopic (exact) mass is 331 g/mol. The number of oxazole rings is 1. The van der Waals surface area contributed by atoms with Gasteiger partial charge in [0.05, 0.1) is 6.20 Å². The Morgan fingerprint density at radius 1 is 1.30 bits per heavy atom. The van der Waals surface area contributed by atoms with E-state index in [1.807, 2.05) is 23.6 Å². The van der Waals surface area contributed by atoms with Crippen molar-refractivity contribution in [2.75, 3.05) is 29.9 Å². The molecule has 3 rings (SSSR count). The molecule has 0 unspecified atom stereocenters. The topological polar surface area (TPSA) is 75.4 Å². The molecule has 23 heavy (non-hydrogen) atoms. The third-order valence-electron chi connectivity index (χ3n) is 3.74. The summed E-state index contributed by atoms with van der Waals surface area (Å²) in [5.74, 6) is 1.50. The van der Waals surface area contributed by atoms with Gasteiger partial charge in [-0.3, -0.25) is 9.59 Å². The number of thioether (sulfide) groups is 1. The van der Waals surface area contributed by atoms with Gasteiger partial charge in [0.15, 0.2) is 0 Å². The van der Waals surface area contributed by atoms with Crippen molar-refractivity contribution in [2.24, 2.45) is 0 Å². The Bertz CT molecular complexity index is 709. The highest BCUT2D eigenvalue weighted by Gasteiger charge is 2.21. The summed E-state index contributed by atoms with van der Waals surface area (Å²) in [6.07, 6.45) is 2.76. The van der Waals surface area contributed by atoms with Crippen LogP contribution in [0.1, 0.15) is 26.6 Å². The molecule has 2 aromatic rings. The zero-order chi connectivity index (χ0) is 16.2. The molecule has 0 atom stereocenters. The normalized spacial score (nSPS) is 14.6. The second-order valence-corrected chi connectivity index (χ2v) is 6.40. The highest BCUT2D eigenvalue weighted by atomic mass is 32.2. The van der Waals surface area contributed by atoms with Crippen molar-refractivity contribution in [2.45, 2.75) is 6.92 Å².